The minimum absolute atomic E-state index is 0.00679. The zero-order chi connectivity index (χ0) is 25.7. The van der Waals surface area contributed by atoms with E-state index < -0.39 is 60.7 Å². The summed E-state index contributed by atoms with van der Waals surface area (Å²) < 4.78 is 0. The standard InChI is InChI=1S/C21H32N6O7/c22-8-2-1-3-14(23)19(32)26-15(9-12-4-6-13(28)7-5-12)21(34)27-16(10-17(24)29)20(33)25-11-18(30)31/h4-7,14-16,28H,1-3,8-11,22-23H2,(H2,24,29)(H,25,33)(H,26,32)(H,27,34)(H,30,31). The van der Waals surface area contributed by atoms with Gasteiger partial charge in [-0.2, -0.15) is 0 Å². The average molecular weight is 481 g/mol. The molecule has 4 amide bonds. The molecule has 1 rings (SSSR count). The van der Waals surface area contributed by atoms with Crippen molar-refractivity contribution in [3.63, 3.8) is 0 Å². The van der Waals surface area contributed by atoms with Crippen LogP contribution in [0.4, 0.5) is 0 Å². The minimum Gasteiger partial charge on any atom is -0.508 e. The van der Waals surface area contributed by atoms with Crippen LogP contribution in [-0.4, -0.2) is 71.0 Å². The Kier molecular flexibility index (Phi) is 12.0. The number of aromatic hydroxyl groups is 1. The number of benzene rings is 1. The quantitative estimate of drug-likeness (QED) is 0.123. The molecule has 3 atom stereocenters. The van der Waals surface area contributed by atoms with Crippen molar-refractivity contribution >= 4 is 29.6 Å². The van der Waals surface area contributed by atoms with Gasteiger partial charge in [0, 0.05) is 6.42 Å². The zero-order valence-electron chi connectivity index (χ0n) is 18.7. The number of aliphatic carboxylic acids is 1. The van der Waals surface area contributed by atoms with E-state index in [1.54, 1.807) is 12.1 Å². The van der Waals surface area contributed by atoms with Gasteiger partial charge in [-0.3, -0.25) is 24.0 Å². The van der Waals surface area contributed by atoms with Crippen LogP contribution < -0.4 is 33.2 Å². The molecule has 1 aromatic carbocycles. The van der Waals surface area contributed by atoms with Gasteiger partial charge < -0.3 is 43.4 Å². The van der Waals surface area contributed by atoms with Crippen molar-refractivity contribution in [1.29, 1.82) is 0 Å². The third kappa shape index (κ3) is 10.7. The van der Waals surface area contributed by atoms with E-state index in [4.69, 9.17) is 22.3 Å². The van der Waals surface area contributed by atoms with Gasteiger partial charge >= 0.3 is 5.97 Å². The van der Waals surface area contributed by atoms with Gasteiger partial charge in [0.05, 0.1) is 12.5 Å². The fraction of sp³-hybridized carbons (Fsp3) is 0.476. The normalized spacial score (nSPS) is 13.2. The first-order valence-corrected chi connectivity index (χ1v) is 10.7. The number of carboxylic acids is 1. The number of hydrogen-bond acceptors (Lipinski definition) is 8. The van der Waals surface area contributed by atoms with Gasteiger partial charge in [0.1, 0.15) is 24.4 Å². The molecule has 0 aromatic heterocycles. The Bertz CT molecular complexity index is 862. The highest BCUT2D eigenvalue weighted by molar-refractivity contribution is 5.95. The van der Waals surface area contributed by atoms with E-state index in [1.165, 1.54) is 12.1 Å². The number of phenolic OH excluding ortho intramolecular Hbond substituents is 1. The predicted molar refractivity (Wildman–Crippen MR) is 121 cm³/mol. The Morgan fingerprint density at radius 3 is 2.09 bits per heavy atom. The van der Waals surface area contributed by atoms with Gasteiger partial charge in [-0.25, -0.2) is 0 Å². The van der Waals surface area contributed by atoms with Gasteiger partial charge in [-0.05, 0) is 37.1 Å². The maximum atomic E-state index is 13.0. The smallest absolute Gasteiger partial charge is 0.322 e. The lowest BCUT2D eigenvalue weighted by atomic mass is 10.0. The van der Waals surface area contributed by atoms with Crippen molar-refractivity contribution in [2.24, 2.45) is 17.2 Å². The first kappa shape index (κ1) is 28.3. The third-order valence-electron chi connectivity index (χ3n) is 4.77. The highest BCUT2D eigenvalue weighted by atomic mass is 16.4. The molecule has 13 nitrogen and oxygen atoms in total. The van der Waals surface area contributed by atoms with Crippen LogP contribution in [0.25, 0.3) is 0 Å². The molecule has 0 aliphatic rings. The number of carboxylic acid groups (broad SMARTS) is 1. The SMILES string of the molecule is NCCCCC(N)C(=O)NC(Cc1ccc(O)cc1)C(=O)NC(CC(N)=O)C(=O)NCC(=O)O. The minimum atomic E-state index is -1.46. The van der Waals surface area contributed by atoms with E-state index in [0.717, 1.165) is 0 Å². The van der Waals surface area contributed by atoms with Crippen LogP contribution in [0.5, 0.6) is 5.75 Å². The van der Waals surface area contributed by atoms with E-state index >= 15 is 0 Å². The van der Waals surface area contributed by atoms with Crippen LogP contribution in [0.2, 0.25) is 0 Å². The molecule has 1 aromatic rings. The maximum Gasteiger partial charge on any atom is 0.322 e. The van der Waals surface area contributed by atoms with Crippen molar-refractivity contribution in [1.82, 2.24) is 16.0 Å². The highest BCUT2D eigenvalue weighted by Crippen LogP contribution is 2.12. The number of carbonyl (C=O) groups is 5. The summed E-state index contributed by atoms with van der Waals surface area (Å²) in [6.45, 7) is -0.277. The summed E-state index contributed by atoms with van der Waals surface area (Å²) >= 11 is 0. The molecule has 0 spiro atoms. The fourth-order valence-corrected chi connectivity index (χ4v) is 2.96. The molecule has 0 saturated carbocycles. The van der Waals surface area contributed by atoms with Gasteiger partial charge in [-0.15, -0.1) is 0 Å². The Labute approximate surface area is 196 Å². The third-order valence-corrected chi connectivity index (χ3v) is 4.77. The van der Waals surface area contributed by atoms with Gasteiger partial charge in [0.25, 0.3) is 0 Å². The van der Waals surface area contributed by atoms with Crippen molar-refractivity contribution in [3.8, 4) is 5.75 Å². The van der Waals surface area contributed by atoms with Gasteiger partial charge in [0.2, 0.25) is 23.6 Å². The van der Waals surface area contributed by atoms with Crippen LogP contribution >= 0.6 is 0 Å². The Morgan fingerprint density at radius 2 is 1.53 bits per heavy atom. The lowest BCUT2D eigenvalue weighted by molar-refractivity contribution is -0.138. The lowest BCUT2D eigenvalue weighted by Gasteiger charge is -2.24. The second-order valence-corrected chi connectivity index (χ2v) is 7.67. The number of nitrogens with two attached hydrogens (primary N) is 3. The van der Waals surface area contributed by atoms with Crippen molar-refractivity contribution < 1.29 is 34.2 Å². The van der Waals surface area contributed by atoms with E-state index in [-0.39, 0.29) is 12.2 Å². The summed E-state index contributed by atoms with van der Waals surface area (Å²) in [4.78, 5) is 59.9. The zero-order valence-corrected chi connectivity index (χ0v) is 18.7. The second kappa shape index (κ2) is 14.4. The van der Waals surface area contributed by atoms with Crippen LogP contribution in [-0.2, 0) is 30.4 Å². The van der Waals surface area contributed by atoms with E-state index in [1.807, 2.05) is 0 Å². The molecular weight excluding hydrogens is 448 g/mol. The number of amides is 4. The number of primary amides is 1. The number of carbonyl (C=O) groups excluding carboxylic acids is 4. The first-order chi connectivity index (χ1) is 16.0. The predicted octanol–water partition coefficient (Wildman–Crippen LogP) is -2.56. The maximum absolute atomic E-state index is 13.0. The molecule has 11 N–H and O–H groups in total. The average Bonchev–Trinajstić information content (AvgIpc) is 2.77. The molecule has 0 radical (unpaired) electrons. The van der Waals surface area contributed by atoms with E-state index in [9.17, 15) is 29.1 Å². The summed E-state index contributed by atoms with van der Waals surface area (Å²) in [5, 5.41) is 25.1. The summed E-state index contributed by atoms with van der Waals surface area (Å²) in [5.74, 6) is -4.56. The van der Waals surface area contributed by atoms with Crippen molar-refractivity contribution in [2.75, 3.05) is 13.1 Å². The Morgan fingerprint density at radius 1 is 0.912 bits per heavy atom. The number of nitrogens with one attached hydrogen (secondary N) is 3. The molecule has 13 heteroatoms. The second-order valence-electron chi connectivity index (χ2n) is 7.67. The van der Waals surface area contributed by atoms with E-state index in [2.05, 4.69) is 16.0 Å². The number of rotatable bonds is 15. The molecular formula is C21H32N6O7. The van der Waals surface area contributed by atoms with Crippen molar-refractivity contribution in [2.45, 2.75) is 50.2 Å². The fourth-order valence-electron chi connectivity index (χ4n) is 2.96. The summed E-state index contributed by atoms with van der Waals surface area (Å²) in [6.07, 6.45) is 1.03. The first-order valence-electron chi connectivity index (χ1n) is 10.7. The van der Waals surface area contributed by atoms with Gasteiger partial charge in [0.15, 0.2) is 0 Å². The van der Waals surface area contributed by atoms with Crippen LogP contribution in [0.1, 0.15) is 31.2 Å². The number of hydrogen-bond donors (Lipinski definition) is 8. The molecule has 3 unspecified atom stereocenters. The molecule has 0 aliphatic carbocycles. The van der Waals surface area contributed by atoms with Gasteiger partial charge in [-0.1, -0.05) is 18.6 Å². The molecule has 0 fully saturated rings. The van der Waals surface area contributed by atoms with Crippen LogP contribution in [0, 0.1) is 0 Å². The lowest BCUT2D eigenvalue weighted by Crippen LogP contribution is -2.57. The molecule has 0 saturated heterocycles. The van der Waals surface area contributed by atoms with Crippen LogP contribution in [0.3, 0.4) is 0 Å². The molecule has 0 bridgehead atoms. The Balaban J connectivity index is 3.01. The van der Waals surface area contributed by atoms with E-state index in [0.29, 0.717) is 31.4 Å². The highest BCUT2D eigenvalue weighted by Gasteiger charge is 2.29. The summed E-state index contributed by atoms with van der Waals surface area (Å²) in [5.41, 5.74) is 17.1. The monoisotopic (exact) mass is 480 g/mol. The molecule has 0 heterocycles. The summed E-state index contributed by atoms with van der Waals surface area (Å²) in [7, 11) is 0. The topological polar surface area (TPSA) is 240 Å². The molecule has 0 aliphatic heterocycles. The van der Waals surface area contributed by atoms with Crippen molar-refractivity contribution in [3.05, 3.63) is 29.8 Å². The van der Waals surface area contributed by atoms with Crippen LogP contribution in [0.15, 0.2) is 24.3 Å². The summed E-state index contributed by atoms with van der Waals surface area (Å²) in [6, 6.07) is 2.34. The number of phenols is 1. The molecule has 34 heavy (non-hydrogen) atoms. The largest absolute Gasteiger partial charge is 0.508 e. The molecule has 188 valence electrons. The Hall–Kier alpha value is -3.71. The number of unbranched alkanes of at least 4 members (excludes halogenated alkanes) is 1.